The predicted octanol–water partition coefficient (Wildman–Crippen LogP) is 3.74. The number of carbonyl (C=O) groups excluding carboxylic acids is 1. The van der Waals surface area contributed by atoms with Crippen LogP contribution in [0, 0.1) is 0 Å². The third-order valence-electron chi connectivity index (χ3n) is 0.466. The highest BCUT2D eigenvalue weighted by atomic mass is 35.6. The molecule has 0 bridgehead atoms. The Bertz CT molecular complexity index is 195. The van der Waals surface area contributed by atoms with E-state index in [-0.39, 0.29) is 0 Å². The average molecular weight is 274 g/mol. The zero-order valence-corrected chi connectivity index (χ0v) is 8.97. The van der Waals surface area contributed by atoms with Gasteiger partial charge in [-0.25, -0.2) is 4.79 Å². The molecular formula is C4HCl5O3. The van der Waals surface area contributed by atoms with E-state index in [4.69, 9.17) is 58.0 Å². The van der Waals surface area contributed by atoms with Crippen molar-refractivity contribution in [2.45, 2.75) is 3.98 Å². The van der Waals surface area contributed by atoms with E-state index in [1.807, 2.05) is 0 Å². The summed E-state index contributed by atoms with van der Waals surface area (Å²) in [5, 5.41) is -0.393. The smallest absolute Gasteiger partial charge is 0.382 e. The summed E-state index contributed by atoms with van der Waals surface area (Å²) in [5.41, 5.74) is 0.807. The largest absolute Gasteiger partial charge is 0.518 e. The van der Waals surface area contributed by atoms with Crippen molar-refractivity contribution >= 4 is 64.2 Å². The summed E-state index contributed by atoms with van der Waals surface area (Å²) in [5.74, 6) is 0. The van der Waals surface area contributed by atoms with Gasteiger partial charge in [-0.05, 0) is 46.4 Å². The number of hydrogen-bond donors (Lipinski definition) is 0. The first-order valence-electron chi connectivity index (χ1n) is 2.28. The first kappa shape index (κ1) is 12.5. The van der Waals surface area contributed by atoms with Gasteiger partial charge >= 0.3 is 10.1 Å². The second-order valence-corrected chi connectivity index (χ2v) is 4.08. The number of rotatable bonds is 1. The summed E-state index contributed by atoms with van der Waals surface area (Å²) in [6.45, 7) is 0. The quantitative estimate of drug-likeness (QED) is 0.415. The minimum absolute atomic E-state index is 0.393. The fraction of sp³-hybridized carbons (Fsp3) is 0.250. The van der Waals surface area contributed by atoms with E-state index >= 15 is 0 Å². The van der Waals surface area contributed by atoms with Crippen LogP contribution in [0.3, 0.4) is 0 Å². The third kappa shape index (κ3) is 7.13. The lowest BCUT2D eigenvalue weighted by Crippen LogP contribution is -2.16. The molecule has 0 aromatic rings. The number of ether oxygens (including phenoxy) is 2. The van der Waals surface area contributed by atoms with E-state index in [2.05, 4.69) is 9.47 Å². The Labute approximate surface area is 93.0 Å². The van der Waals surface area contributed by atoms with Crippen molar-refractivity contribution in [1.82, 2.24) is 0 Å². The van der Waals surface area contributed by atoms with Crippen molar-refractivity contribution in [2.24, 2.45) is 0 Å². The number of alkyl halides is 3. The first-order valence-corrected chi connectivity index (χ1v) is 4.23. The van der Waals surface area contributed by atoms with Gasteiger partial charge in [-0.15, -0.1) is 0 Å². The van der Waals surface area contributed by atoms with Crippen LogP contribution < -0.4 is 0 Å². The molecule has 0 spiro atoms. The minimum atomic E-state index is -2.18. The van der Waals surface area contributed by atoms with Crippen molar-refractivity contribution in [3.63, 3.8) is 0 Å². The molecule has 0 unspecified atom stereocenters. The minimum Gasteiger partial charge on any atom is -0.382 e. The lowest BCUT2D eigenvalue weighted by atomic mass is 11.1. The topological polar surface area (TPSA) is 35.5 Å². The van der Waals surface area contributed by atoms with Gasteiger partial charge in [0, 0.05) is 0 Å². The van der Waals surface area contributed by atoms with Crippen LogP contribution in [0.2, 0.25) is 0 Å². The molecule has 0 N–H and O–H groups in total. The Morgan fingerprint density at radius 2 is 1.83 bits per heavy atom. The van der Waals surface area contributed by atoms with Crippen LogP contribution in [0.5, 0.6) is 0 Å². The van der Waals surface area contributed by atoms with Gasteiger partial charge in [-0.3, -0.25) is 0 Å². The molecule has 0 aliphatic carbocycles. The van der Waals surface area contributed by atoms with Gasteiger partial charge in [-0.2, -0.15) is 0 Å². The molecule has 0 heterocycles. The van der Waals surface area contributed by atoms with Crippen LogP contribution in [0.4, 0.5) is 4.79 Å². The van der Waals surface area contributed by atoms with Crippen LogP contribution in [-0.2, 0) is 9.47 Å². The Morgan fingerprint density at radius 3 is 2.17 bits per heavy atom. The molecule has 0 fully saturated rings. The van der Waals surface area contributed by atoms with Gasteiger partial charge in [0.05, 0.1) is 5.54 Å². The highest BCUT2D eigenvalue weighted by molar-refractivity contribution is 6.66. The van der Waals surface area contributed by atoms with Gasteiger partial charge in [-0.1, -0.05) is 11.6 Å². The number of hydrogen-bond acceptors (Lipinski definition) is 3. The highest BCUT2D eigenvalue weighted by Crippen LogP contribution is 2.28. The molecule has 0 aromatic carbocycles. The molecule has 0 amide bonds. The molecule has 8 heteroatoms. The zero-order valence-electron chi connectivity index (χ0n) is 5.19. The van der Waals surface area contributed by atoms with Crippen LogP contribution in [0.1, 0.15) is 0 Å². The molecule has 0 radical (unpaired) electrons. The second-order valence-electron chi connectivity index (χ2n) is 1.31. The van der Waals surface area contributed by atoms with Gasteiger partial charge in [0.25, 0.3) is 0 Å². The number of halogens is 5. The molecule has 0 aliphatic rings. The molecule has 0 atom stereocenters. The van der Waals surface area contributed by atoms with Crippen molar-refractivity contribution in [2.75, 3.05) is 0 Å². The van der Waals surface area contributed by atoms with Crippen molar-refractivity contribution in [3.05, 3.63) is 10.8 Å². The molecule has 0 aliphatic heterocycles. The number of carbonyl (C=O) groups is 1. The van der Waals surface area contributed by atoms with Gasteiger partial charge in [0.1, 0.15) is 0 Å². The van der Waals surface area contributed by atoms with E-state index in [1.54, 1.807) is 0 Å². The highest BCUT2D eigenvalue weighted by Gasteiger charge is 2.26. The molecule has 0 aromatic heterocycles. The van der Waals surface area contributed by atoms with E-state index < -0.39 is 15.4 Å². The Morgan fingerprint density at radius 1 is 1.33 bits per heavy atom. The summed E-state index contributed by atoms with van der Waals surface area (Å²) in [7, 11) is 0. The molecule has 0 rings (SSSR count). The molecule has 0 saturated heterocycles. The predicted molar refractivity (Wildman–Crippen MR) is 47.6 cm³/mol. The normalized spacial score (nSPS) is 12.6. The van der Waals surface area contributed by atoms with Crippen molar-refractivity contribution in [3.8, 4) is 0 Å². The second kappa shape index (κ2) is 5.25. The molecule has 3 nitrogen and oxygen atoms in total. The van der Waals surface area contributed by atoms with Crippen molar-refractivity contribution in [1.29, 1.82) is 0 Å². The Hall–Kier alpha value is 0.460. The fourth-order valence-corrected chi connectivity index (χ4v) is 0.514. The molecular weight excluding hydrogens is 273 g/mol. The van der Waals surface area contributed by atoms with Gasteiger partial charge in [0.15, 0.2) is 0 Å². The zero-order chi connectivity index (χ0) is 9.78. The van der Waals surface area contributed by atoms with Gasteiger partial charge in [0.2, 0.25) is 5.22 Å². The average Bonchev–Trinajstić information content (AvgIpc) is 1.82. The van der Waals surface area contributed by atoms with Crippen LogP contribution >= 0.6 is 58.0 Å². The molecule has 12 heavy (non-hydrogen) atoms. The molecule has 70 valence electrons. The van der Waals surface area contributed by atoms with E-state index in [0.29, 0.717) is 0 Å². The van der Waals surface area contributed by atoms with E-state index in [1.165, 1.54) is 0 Å². The van der Waals surface area contributed by atoms with E-state index in [0.717, 1.165) is 5.54 Å². The van der Waals surface area contributed by atoms with Crippen LogP contribution in [0.15, 0.2) is 10.8 Å². The molecule has 0 saturated carbocycles. The lowest BCUT2D eigenvalue weighted by Gasteiger charge is -2.10. The van der Waals surface area contributed by atoms with E-state index in [9.17, 15) is 4.79 Å². The van der Waals surface area contributed by atoms with Crippen molar-refractivity contribution < 1.29 is 14.3 Å². The summed E-state index contributed by atoms with van der Waals surface area (Å²) >= 11 is 25.4. The maximum Gasteiger partial charge on any atom is 0.518 e. The Balaban J connectivity index is 3.92. The first-order chi connectivity index (χ1) is 5.35. The SMILES string of the molecule is O=C(OC(Cl)=CCl)OC(Cl)(Cl)Cl. The maximum atomic E-state index is 10.5. The van der Waals surface area contributed by atoms with Crippen LogP contribution in [-0.4, -0.2) is 10.1 Å². The lowest BCUT2D eigenvalue weighted by molar-refractivity contribution is 0.0798. The maximum absolute atomic E-state index is 10.5. The summed E-state index contributed by atoms with van der Waals surface area (Å²) < 4.78 is 6.04. The summed E-state index contributed by atoms with van der Waals surface area (Å²) in [6, 6.07) is 0. The van der Waals surface area contributed by atoms with Gasteiger partial charge < -0.3 is 9.47 Å². The standard InChI is InChI=1S/C4HCl5O3/c5-1-2(6)11-3(10)12-4(7,8)9/h1H. The fourth-order valence-electron chi connectivity index (χ4n) is 0.217. The monoisotopic (exact) mass is 272 g/mol. The Kier molecular flexibility index (Phi) is 5.45. The van der Waals surface area contributed by atoms with Crippen LogP contribution in [0.25, 0.3) is 0 Å². The summed E-state index contributed by atoms with van der Waals surface area (Å²) in [6.07, 6.45) is -1.27. The third-order valence-corrected chi connectivity index (χ3v) is 1.19. The summed E-state index contributed by atoms with van der Waals surface area (Å²) in [4.78, 5) is 10.5.